The van der Waals surface area contributed by atoms with Crippen LogP contribution in [0.15, 0.2) is 41.5 Å². The fourth-order valence-corrected chi connectivity index (χ4v) is 1.39. The summed E-state index contributed by atoms with van der Waals surface area (Å²) in [6, 6.07) is 5.51. The van der Waals surface area contributed by atoms with Crippen molar-refractivity contribution in [3.05, 3.63) is 36.6 Å². The zero-order chi connectivity index (χ0) is 11.3. The summed E-state index contributed by atoms with van der Waals surface area (Å²) < 4.78 is 35.3. The van der Waals surface area contributed by atoms with Crippen LogP contribution in [-0.4, -0.2) is 13.0 Å². The second-order valence-electron chi connectivity index (χ2n) is 2.84. The fourth-order valence-electron chi connectivity index (χ4n) is 0.913. The van der Waals surface area contributed by atoms with Crippen LogP contribution in [0.1, 0.15) is 13.3 Å². The molecule has 15 heavy (non-hydrogen) atoms. The van der Waals surface area contributed by atoms with E-state index in [0.29, 0.717) is 5.75 Å². The molecule has 0 radical (unpaired) electrons. The minimum Gasteiger partial charge on any atom is -0.465 e. The lowest BCUT2D eigenvalue weighted by atomic mass is 10.3. The quantitative estimate of drug-likeness (QED) is 0.634. The standard InChI is InChI=1S/C10H12O4S/c1-2-3-8-14-9-4-6-10(7-5-9)15(11,12)13/h3-8H,2H2,1H3,(H,11,12,13). The van der Waals surface area contributed by atoms with Crippen molar-refractivity contribution >= 4 is 10.1 Å². The third kappa shape index (κ3) is 3.73. The van der Waals surface area contributed by atoms with E-state index in [2.05, 4.69) is 0 Å². The lowest BCUT2D eigenvalue weighted by Gasteiger charge is -2.00. The molecule has 1 aromatic rings. The normalized spacial score (nSPS) is 11.9. The molecule has 0 bridgehead atoms. The van der Waals surface area contributed by atoms with E-state index in [1.807, 2.05) is 13.0 Å². The van der Waals surface area contributed by atoms with E-state index < -0.39 is 10.1 Å². The van der Waals surface area contributed by atoms with Crippen LogP contribution in [0.2, 0.25) is 0 Å². The van der Waals surface area contributed by atoms with Crippen LogP contribution >= 0.6 is 0 Å². The number of hydrogen-bond donors (Lipinski definition) is 1. The summed E-state index contributed by atoms with van der Waals surface area (Å²) in [6.07, 6.45) is 4.22. The predicted molar refractivity (Wildman–Crippen MR) is 56.3 cm³/mol. The summed E-state index contributed by atoms with van der Waals surface area (Å²) in [5.74, 6) is 0.520. The van der Waals surface area contributed by atoms with Crippen molar-refractivity contribution in [1.82, 2.24) is 0 Å². The summed E-state index contributed by atoms with van der Waals surface area (Å²) in [5.41, 5.74) is 0. The maximum atomic E-state index is 10.7. The minimum absolute atomic E-state index is 0.144. The van der Waals surface area contributed by atoms with E-state index in [1.54, 1.807) is 0 Å². The van der Waals surface area contributed by atoms with E-state index in [-0.39, 0.29) is 4.90 Å². The van der Waals surface area contributed by atoms with E-state index in [0.717, 1.165) is 6.42 Å². The topological polar surface area (TPSA) is 63.6 Å². The number of hydrogen-bond acceptors (Lipinski definition) is 3. The Morgan fingerprint density at radius 1 is 1.33 bits per heavy atom. The lowest BCUT2D eigenvalue weighted by molar-refractivity contribution is 0.475. The third-order valence-electron chi connectivity index (χ3n) is 1.66. The van der Waals surface area contributed by atoms with Gasteiger partial charge in [0, 0.05) is 0 Å². The summed E-state index contributed by atoms with van der Waals surface area (Å²) in [6.45, 7) is 1.97. The van der Waals surface area contributed by atoms with Gasteiger partial charge in [-0.25, -0.2) is 0 Å². The van der Waals surface area contributed by atoms with Crippen molar-refractivity contribution in [1.29, 1.82) is 0 Å². The largest absolute Gasteiger partial charge is 0.465 e. The Balaban J connectivity index is 2.77. The molecule has 1 rings (SSSR count). The lowest BCUT2D eigenvalue weighted by Crippen LogP contribution is -1.97. The first-order valence-electron chi connectivity index (χ1n) is 4.43. The van der Waals surface area contributed by atoms with E-state index in [1.165, 1.54) is 30.5 Å². The zero-order valence-electron chi connectivity index (χ0n) is 8.25. The van der Waals surface area contributed by atoms with Crippen LogP contribution in [0.25, 0.3) is 0 Å². The molecule has 0 atom stereocenters. The molecule has 0 saturated carbocycles. The molecule has 82 valence electrons. The molecule has 0 aromatic heterocycles. The molecule has 0 fully saturated rings. The van der Waals surface area contributed by atoms with Gasteiger partial charge in [0.25, 0.3) is 10.1 Å². The van der Waals surface area contributed by atoms with Gasteiger partial charge in [-0.15, -0.1) is 0 Å². The second-order valence-corrected chi connectivity index (χ2v) is 4.27. The molecule has 0 amide bonds. The molecule has 0 aliphatic carbocycles. The van der Waals surface area contributed by atoms with Gasteiger partial charge in [0.2, 0.25) is 0 Å². The molecular weight excluding hydrogens is 216 g/mol. The van der Waals surface area contributed by atoms with Gasteiger partial charge in [-0.3, -0.25) is 4.55 Å². The van der Waals surface area contributed by atoms with Gasteiger partial charge in [0.05, 0.1) is 11.2 Å². The Morgan fingerprint density at radius 3 is 2.40 bits per heavy atom. The van der Waals surface area contributed by atoms with Crippen molar-refractivity contribution in [2.75, 3.05) is 0 Å². The van der Waals surface area contributed by atoms with Crippen molar-refractivity contribution < 1.29 is 17.7 Å². The SMILES string of the molecule is CCC=COc1ccc(S(=O)(=O)O)cc1. The van der Waals surface area contributed by atoms with Crippen molar-refractivity contribution in [3.8, 4) is 5.75 Å². The number of rotatable bonds is 4. The molecule has 4 nitrogen and oxygen atoms in total. The number of benzene rings is 1. The molecule has 0 saturated heterocycles. The maximum absolute atomic E-state index is 10.7. The molecule has 0 aliphatic heterocycles. The predicted octanol–water partition coefficient (Wildman–Crippen LogP) is 2.24. The molecule has 0 unspecified atom stereocenters. The van der Waals surface area contributed by atoms with E-state index in [9.17, 15) is 8.42 Å². The first-order chi connectivity index (χ1) is 7.04. The Kier molecular flexibility index (Phi) is 3.88. The van der Waals surface area contributed by atoms with Crippen LogP contribution < -0.4 is 4.74 Å². The second kappa shape index (κ2) is 4.95. The third-order valence-corrected chi connectivity index (χ3v) is 2.53. The van der Waals surface area contributed by atoms with Crippen molar-refractivity contribution in [3.63, 3.8) is 0 Å². The van der Waals surface area contributed by atoms with Crippen LogP contribution in [0.3, 0.4) is 0 Å². The average Bonchev–Trinajstić information content (AvgIpc) is 2.18. The summed E-state index contributed by atoms with van der Waals surface area (Å²) in [4.78, 5) is -0.144. The highest BCUT2D eigenvalue weighted by Gasteiger charge is 2.08. The zero-order valence-corrected chi connectivity index (χ0v) is 9.07. The molecule has 0 heterocycles. The number of allylic oxidation sites excluding steroid dienone is 1. The first kappa shape index (κ1) is 11.7. The molecule has 5 heteroatoms. The van der Waals surface area contributed by atoms with Gasteiger partial charge in [-0.1, -0.05) is 6.92 Å². The minimum atomic E-state index is -4.12. The summed E-state index contributed by atoms with van der Waals surface area (Å²) in [5, 5.41) is 0. The van der Waals surface area contributed by atoms with Crippen LogP contribution in [-0.2, 0) is 10.1 Å². The highest BCUT2D eigenvalue weighted by atomic mass is 32.2. The van der Waals surface area contributed by atoms with Crippen LogP contribution in [0, 0.1) is 0 Å². The van der Waals surface area contributed by atoms with E-state index >= 15 is 0 Å². The van der Waals surface area contributed by atoms with Crippen LogP contribution in [0.4, 0.5) is 0 Å². The number of ether oxygens (including phenoxy) is 1. The molecule has 0 spiro atoms. The van der Waals surface area contributed by atoms with Crippen molar-refractivity contribution in [2.24, 2.45) is 0 Å². The molecule has 1 aromatic carbocycles. The van der Waals surface area contributed by atoms with Gasteiger partial charge in [0.15, 0.2) is 0 Å². The van der Waals surface area contributed by atoms with Gasteiger partial charge >= 0.3 is 0 Å². The first-order valence-corrected chi connectivity index (χ1v) is 5.87. The molecular formula is C10H12O4S. The Hall–Kier alpha value is -1.33. The molecule has 0 aliphatic rings. The molecule has 1 N–H and O–H groups in total. The van der Waals surface area contributed by atoms with Gasteiger partial charge in [-0.2, -0.15) is 8.42 Å². The average molecular weight is 228 g/mol. The van der Waals surface area contributed by atoms with Gasteiger partial charge in [0.1, 0.15) is 5.75 Å². The smallest absolute Gasteiger partial charge is 0.294 e. The fraction of sp³-hybridized carbons (Fsp3) is 0.200. The van der Waals surface area contributed by atoms with E-state index in [4.69, 9.17) is 9.29 Å². The highest BCUT2D eigenvalue weighted by molar-refractivity contribution is 7.85. The Bertz CT molecular complexity index is 431. The van der Waals surface area contributed by atoms with Gasteiger partial charge in [-0.05, 0) is 36.8 Å². The van der Waals surface area contributed by atoms with Crippen molar-refractivity contribution in [2.45, 2.75) is 18.2 Å². The van der Waals surface area contributed by atoms with Gasteiger partial charge < -0.3 is 4.74 Å². The maximum Gasteiger partial charge on any atom is 0.294 e. The monoisotopic (exact) mass is 228 g/mol. The highest BCUT2D eigenvalue weighted by Crippen LogP contribution is 2.15. The Morgan fingerprint density at radius 2 is 1.93 bits per heavy atom. The summed E-state index contributed by atoms with van der Waals surface area (Å²) in [7, 11) is -4.12. The van der Waals surface area contributed by atoms with Crippen LogP contribution in [0.5, 0.6) is 5.75 Å². The Labute approximate surface area is 88.9 Å². The summed E-state index contributed by atoms with van der Waals surface area (Å²) >= 11 is 0.